The first kappa shape index (κ1) is 11.4. The van der Waals surface area contributed by atoms with Crippen molar-refractivity contribution < 1.29 is 9.90 Å². The molecule has 0 unspecified atom stereocenters. The maximum Gasteiger partial charge on any atom is 0.335 e. The highest BCUT2D eigenvalue weighted by molar-refractivity contribution is 9.11. The first-order valence-electron chi connectivity index (χ1n) is 5.12. The van der Waals surface area contributed by atoms with Gasteiger partial charge in [0.05, 0.1) is 25.3 Å². The Balaban J connectivity index is 2.13. The summed E-state index contributed by atoms with van der Waals surface area (Å²) in [6.45, 7) is 0. The van der Waals surface area contributed by atoms with Crippen molar-refractivity contribution in [1.29, 1.82) is 0 Å². The zero-order chi connectivity index (χ0) is 12.7. The molecule has 0 bridgehead atoms. The molecule has 0 saturated heterocycles. The number of aromatic carboxylic acids is 1. The number of halogens is 1. The van der Waals surface area contributed by atoms with E-state index in [1.54, 1.807) is 29.5 Å². The number of nitrogens with one attached hydrogen (secondary N) is 1. The summed E-state index contributed by atoms with van der Waals surface area (Å²) in [5.41, 5.74) is 1.75. The Kier molecular flexibility index (Phi) is 2.68. The number of benzene rings is 1. The third-order valence-corrected chi connectivity index (χ3v) is 4.17. The molecule has 2 aromatic heterocycles. The predicted molar refractivity (Wildman–Crippen MR) is 74.1 cm³/mol. The number of carboxylic acids is 1. The summed E-state index contributed by atoms with van der Waals surface area (Å²) in [6.07, 6.45) is 0. The van der Waals surface area contributed by atoms with Crippen LogP contribution in [0.2, 0.25) is 0 Å². The summed E-state index contributed by atoms with van der Waals surface area (Å²) in [4.78, 5) is 19.5. The van der Waals surface area contributed by atoms with E-state index in [0.29, 0.717) is 0 Å². The minimum Gasteiger partial charge on any atom is -0.478 e. The minimum atomic E-state index is -0.938. The number of imidazole rings is 1. The van der Waals surface area contributed by atoms with Gasteiger partial charge in [0.25, 0.3) is 0 Å². The molecule has 3 rings (SSSR count). The smallest absolute Gasteiger partial charge is 0.335 e. The van der Waals surface area contributed by atoms with E-state index >= 15 is 0 Å². The van der Waals surface area contributed by atoms with Crippen LogP contribution in [0.3, 0.4) is 0 Å². The number of rotatable bonds is 2. The molecule has 0 spiro atoms. The number of nitrogens with zero attached hydrogens (tertiary/aromatic N) is 1. The molecule has 0 amide bonds. The molecular weight excluding hydrogens is 316 g/mol. The van der Waals surface area contributed by atoms with E-state index in [-0.39, 0.29) is 5.56 Å². The van der Waals surface area contributed by atoms with Gasteiger partial charge in [-0.1, -0.05) is 0 Å². The summed E-state index contributed by atoms with van der Waals surface area (Å²) in [6, 6.07) is 8.78. The van der Waals surface area contributed by atoms with Crippen LogP contribution in [0.25, 0.3) is 21.7 Å². The van der Waals surface area contributed by atoms with E-state index in [1.807, 2.05) is 12.1 Å². The summed E-state index contributed by atoms with van der Waals surface area (Å²) in [5.74, 6) is -0.185. The first-order valence-corrected chi connectivity index (χ1v) is 6.73. The van der Waals surface area contributed by atoms with Gasteiger partial charge in [0.15, 0.2) is 0 Å². The molecule has 0 aliphatic heterocycles. The summed E-state index contributed by atoms with van der Waals surface area (Å²) in [7, 11) is 0. The van der Waals surface area contributed by atoms with E-state index in [2.05, 4.69) is 25.9 Å². The Morgan fingerprint density at radius 1 is 1.33 bits per heavy atom. The molecule has 90 valence electrons. The van der Waals surface area contributed by atoms with Crippen LogP contribution in [0.1, 0.15) is 10.4 Å². The number of carboxylic acid groups (broad SMARTS) is 1. The largest absolute Gasteiger partial charge is 0.478 e. The van der Waals surface area contributed by atoms with Gasteiger partial charge in [-0.3, -0.25) is 0 Å². The molecule has 0 fully saturated rings. The number of hydrogen-bond donors (Lipinski definition) is 2. The van der Waals surface area contributed by atoms with Crippen LogP contribution in [0, 0.1) is 0 Å². The van der Waals surface area contributed by atoms with Crippen LogP contribution in [-0.2, 0) is 0 Å². The van der Waals surface area contributed by atoms with Crippen molar-refractivity contribution in [2.75, 3.05) is 0 Å². The molecule has 0 radical (unpaired) electrons. The van der Waals surface area contributed by atoms with E-state index in [4.69, 9.17) is 5.11 Å². The van der Waals surface area contributed by atoms with Gasteiger partial charge in [-0.15, -0.1) is 11.3 Å². The molecule has 18 heavy (non-hydrogen) atoms. The average Bonchev–Trinajstić information content (AvgIpc) is 2.93. The highest BCUT2D eigenvalue weighted by atomic mass is 79.9. The minimum absolute atomic E-state index is 0.255. The molecule has 4 nitrogen and oxygen atoms in total. The number of aromatic nitrogens is 2. The lowest BCUT2D eigenvalue weighted by molar-refractivity contribution is 0.0697. The van der Waals surface area contributed by atoms with Crippen LogP contribution in [0.5, 0.6) is 0 Å². The maximum absolute atomic E-state index is 10.9. The average molecular weight is 323 g/mol. The van der Waals surface area contributed by atoms with Crippen molar-refractivity contribution in [2.24, 2.45) is 0 Å². The maximum atomic E-state index is 10.9. The Hall–Kier alpha value is -1.66. The number of carbonyl (C=O) groups is 1. The van der Waals surface area contributed by atoms with Gasteiger partial charge in [0.1, 0.15) is 5.82 Å². The van der Waals surface area contributed by atoms with E-state index in [1.165, 1.54) is 0 Å². The lowest BCUT2D eigenvalue weighted by Crippen LogP contribution is -1.94. The highest BCUT2D eigenvalue weighted by Crippen LogP contribution is 2.30. The van der Waals surface area contributed by atoms with Gasteiger partial charge in [-0.25, -0.2) is 9.78 Å². The third kappa shape index (κ3) is 1.93. The van der Waals surface area contributed by atoms with E-state index < -0.39 is 5.97 Å². The summed E-state index contributed by atoms with van der Waals surface area (Å²) >= 11 is 4.98. The predicted octanol–water partition coefficient (Wildman–Crippen LogP) is 3.75. The molecule has 0 aliphatic carbocycles. The van der Waals surface area contributed by atoms with Crippen LogP contribution in [-0.4, -0.2) is 21.0 Å². The topological polar surface area (TPSA) is 66.0 Å². The number of thiophene rings is 1. The van der Waals surface area contributed by atoms with Crippen LogP contribution in [0.4, 0.5) is 0 Å². The number of H-pyrrole nitrogens is 1. The van der Waals surface area contributed by atoms with Crippen molar-refractivity contribution in [3.63, 3.8) is 0 Å². The Morgan fingerprint density at radius 2 is 2.17 bits per heavy atom. The lowest BCUT2D eigenvalue weighted by atomic mass is 10.2. The zero-order valence-electron chi connectivity index (χ0n) is 8.98. The fourth-order valence-corrected chi connectivity index (χ4v) is 3.03. The van der Waals surface area contributed by atoms with Gasteiger partial charge in [-0.05, 0) is 46.3 Å². The van der Waals surface area contributed by atoms with Crippen molar-refractivity contribution in [3.05, 3.63) is 39.7 Å². The fraction of sp³-hybridized carbons (Fsp3) is 0. The van der Waals surface area contributed by atoms with Crippen molar-refractivity contribution in [3.8, 4) is 10.7 Å². The van der Waals surface area contributed by atoms with Gasteiger partial charge >= 0.3 is 5.97 Å². The fourth-order valence-electron chi connectivity index (χ4n) is 1.70. The SMILES string of the molecule is O=C(O)c1ccc2nc(-c3ccc(Br)s3)[nH]c2c1. The van der Waals surface area contributed by atoms with E-state index in [9.17, 15) is 4.79 Å². The molecule has 0 atom stereocenters. The second-order valence-electron chi connectivity index (χ2n) is 3.73. The van der Waals surface area contributed by atoms with E-state index in [0.717, 1.165) is 25.5 Å². The second kappa shape index (κ2) is 4.22. The highest BCUT2D eigenvalue weighted by Gasteiger charge is 2.10. The van der Waals surface area contributed by atoms with Crippen LogP contribution < -0.4 is 0 Å². The number of hydrogen-bond acceptors (Lipinski definition) is 3. The normalized spacial score (nSPS) is 10.9. The van der Waals surface area contributed by atoms with Crippen molar-refractivity contribution in [2.45, 2.75) is 0 Å². The molecule has 6 heteroatoms. The number of fused-ring (bicyclic) bond motifs is 1. The molecule has 3 aromatic rings. The second-order valence-corrected chi connectivity index (χ2v) is 6.19. The molecule has 2 N–H and O–H groups in total. The Morgan fingerprint density at radius 3 is 2.83 bits per heavy atom. The first-order chi connectivity index (χ1) is 8.63. The van der Waals surface area contributed by atoms with Crippen molar-refractivity contribution >= 4 is 44.3 Å². The van der Waals surface area contributed by atoms with Gasteiger partial charge < -0.3 is 10.1 Å². The molecule has 0 aliphatic rings. The zero-order valence-corrected chi connectivity index (χ0v) is 11.4. The summed E-state index contributed by atoms with van der Waals surface area (Å²) < 4.78 is 1.03. The quantitative estimate of drug-likeness (QED) is 0.755. The van der Waals surface area contributed by atoms with Gasteiger partial charge in [0, 0.05) is 0 Å². The van der Waals surface area contributed by atoms with Gasteiger partial charge in [0.2, 0.25) is 0 Å². The Labute approximate surface area is 114 Å². The van der Waals surface area contributed by atoms with Crippen LogP contribution in [0.15, 0.2) is 34.1 Å². The molecule has 0 saturated carbocycles. The van der Waals surface area contributed by atoms with Gasteiger partial charge in [-0.2, -0.15) is 0 Å². The monoisotopic (exact) mass is 322 g/mol. The van der Waals surface area contributed by atoms with Crippen LogP contribution >= 0.6 is 27.3 Å². The molecule has 2 heterocycles. The van der Waals surface area contributed by atoms with Crippen molar-refractivity contribution in [1.82, 2.24) is 9.97 Å². The Bertz CT molecular complexity index is 747. The standard InChI is InChI=1S/C12H7BrN2O2S/c13-10-4-3-9(18-10)11-14-7-2-1-6(12(16)17)5-8(7)15-11/h1-5H,(H,14,15)(H,16,17). The summed E-state index contributed by atoms with van der Waals surface area (Å²) in [5, 5.41) is 8.93. The molecular formula is C12H7BrN2O2S. The third-order valence-electron chi connectivity index (χ3n) is 2.54. The molecule has 1 aromatic carbocycles. The lowest BCUT2D eigenvalue weighted by Gasteiger charge is -1.92. The number of aromatic amines is 1.